The lowest BCUT2D eigenvalue weighted by Gasteiger charge is -2.32. The molecule has 2 aromatic heterocycles. The van der Waals surface area contributed by atoms with Gasteiger partial charge in [0.05, 0.1) is 17.6 Å². The number of amides is 1. The Hall–Kier alpha value is -2.33. The van der Waals surface area contributed by atoms with Crippen molar-refractivity contribution >= 4 is 37.5 Å². The minimum Gasteiger partial charge on any atom is -0.371 e. The fourth-order valence-corrected chi connectivity index (χ4v) is 5.90. The van der Waals surface area contributed by atoms with Gasteiger partial charge in [0.15, 0.2) is 0 Å². The van der Waals surface area contributed by atoms with Crippen molar-refractivity contribution in [3.05, 3.63) is 59.1 Å². The molecule has 1 atom stereocenters. The Bertz CT molecular complexity index is 1110. The number of carbonyl (C=O) groups excluding carboxylic acids is 1. The van der Waals surface area contributed by atoms with Crippen LogP contribution in [-0.2, 0) is 14.8 Å². The number of hydrogen-bond acceptors (Lipinski definition) is 6. The van der Waals surface area contributed by atoms with Crippen molar-refractivity contribution in [1.29, 1.82) is 0 Å². The lowest BCUT2D eigenvalue weighted by atomic mass is 10.0. The van der Waals surface area contributed by atoms with Gasteiger partial charge in [0.1, 0.15) is 9.71 Å². The van der Waals surface area contributed by atoms with Gasteiger partial charge in [0.2, 0.25) is 10.0 Å². The number of aromatic nitrogens is 1. The Morgan fingerprint density at radius 3 is 2.79 bits per heavy atom. The molecule has 1 saturated heterocycles. The van der Waals surface area contributed by atoms with E-state index in [-0.39, 0.29) is 30.5 Å². The van der Waals surface area contributed by atoms with Crippen LogP contribution in [-0.4, -0.2) is 50.4 Å². The van der Waals surface area contributed by atoms with Crippen LogP contribution in [0.4, 0.5) is 0 Å². The van der Waals surface area contributed by atoms with Crippen molar-refractivity contribution in [1.82, 2.24) is 14.6 Å². The van der Waals surface area contributed by atoms with Gasteiger partial charge in [-0.25, -0.2) is 13.4 Å². The second-order valence-corrected chi connectivity index (χ2v) is 9.25. The van der Waals surface area contributed by atoms with Crippen LogP contribution in [0.15, 0.2) is 53.6 Å². The zero-order chi connectivity index (χ0) is 19.7. The average molecular weight is 418 g/mol. The van der Waals surface area contributed by atoms with Crippen LogP contribution >= 0.6 is 11.3 Å². The molecule has 0 radical (unpaired) electrons. The number of carbonyl (C=O) groups is 1. The summed E-state index contributed by atoms with van der Waals surface area (Å²) in [5.41, 5.74) is 0.695. The van der Waals surface area contributed by atoms with Gasteiger partial charge in [-0.2, -0.15) is 4.31 Å². The maximum atomic E-state index is 13.0. The molecule has 1 fully saturated rings. The Morgan fingerprint density at radius 1 is 1.25 bits per heavy atom. The third-order valence-electron chi connectivity index (χ3n) is 4.67. The topological polar surface area (TPSA) is 88.6 Å². The van der Waals surface area contributed by atoms with E-state index < -0.39 is 16.1 Å². The number of benzene rings is 1. The molecule has 9 heteroatoms. The maximum absolute atomic E-state index is 13.0. The highest BCUT2D eigenvalue weighted by Crippen LogP contribution is 2.38. The second kappa shape index (κ2) is 7.59. The largest absolute Gasteiger partial charge is 0.371 e. The lowest BCUT2D eigenvalue weighted by Crippen LogP contribution is -2.42. The Morgan fingerprint density at radius 2 is 2.04 bits per heavy atom. The van der Waals surface area contributed by atoms with Crippen LogP contribution < -0.4 is 5.32 Å². The minimum atomic E-state index is -3.64. The van der Waals surface area contributed by atoms with Gasteiger partial charge in [-0.1, -0.05) is 24.3 Å². The fraction of sp³-hybridized carbons (Fsp3) is 0.263. The van der Waals surface area contributed by atoms with Crippen molar-refractivity contribution in [3.8, 4) is 0 Å². The van der Waals surface area contributed by atoms with Crippen molar-refractivity contribution in [2.24, 2.45) is 0 Å². The number of morpholine rings is 1. The minimum absolute atomic E-state index is 0.141. The molecule has 4 rings (SSSR count). The third-order valence-corrected chi connectivity index (χ3v) is 7.68. The highest BCUT2D eigenvalue weighted by atomic mass is 32.2. The first-order chi connectivity index (χ1) is 13.5. The zero-order valence-electron chi connectivity index (χ0n) is 15.2. The number of thiophene rings is 1. The summed E-state index contributed by atoms with van der Waals surface area (Å²) in [6.45, 7) is 0.660. The van der Waals surface area contributed by atoms with Crippen LogP contribution in [0.2, 0.25) is 0 Å². The van der Waals surface area contributed by atoms with E-state index in [1.165, 1.54) is 15.6 Å². The molecule has 1 aliphatic heterocycles. The Kier molecular flexibility index (Phi) is 5.15. The number of nitrogens with zero attached hydrogens (tertiary/aromatic N) is 2. The van der Waals surface area contributed by atoms with Gasteiger partial charge >= 0.3 is 0 Å². The number of ether oxygens (including phenoxy) is 1. The highest BCUT2D eigenvalue weighted by Gasteiger charge is 2.35. The van der Waals surface area contributed by atoms with E-state index in [1.807, 2.05) is 6.07 Å². The molecule has 3 heterocycles. The second-order valence-electron chi connectivity index (χ2n) is 6.32. The summed E-state index contributed by atoms with van der Waals surface area (Å²) in [5.74, 6) is -0.232. The molecule has 3 aromatic rings. The predicted octanol–water partition coefficient (Wildman–Crippen LogP) is 2.42. The molecule has 1 N–H and O–H groups in total. The maximum Gasteiger partial charge on any atom is 0.261 e. The summed E-state index contributed by atoms with van der Waals surface area (Å²) in [7, 11) is -2.07. The summed E-state index contributed by atoms with van der Waals surface area (Å²) in [5, 5.41) is 3.46. The lowest BCUT2D eigenvalue weighted by molar-refractivity contribution is -0.00192. The van der Waals surface area contributed by atoms with Crippen molar-refractivity contribution in [2.75, 3.05) is 26.7 Å². The Balaban J connectivity index is 1.74. The van der Waals surface area contributed by atoms with E-state index in [0.29, 0.717) is 10.4 Å². The molecule has 1 aliphatic rings. The van der Waals surface area contributed by atoms with Crippen molar-refractivity contribution in [2.45, 2.75) is 11.0 Å². The molecule has 28 heavy (non-hydrogen) atoms. The number of rotatable bonds is 4. The van der Waals surface area contributed by atoms with Gasteiger partial charge in [-0.05, 0) is 18.2 Å². The van der Waals surface area contributed by atoms with E-state index in [4.69, 9.17) is 4.74 Å². The Labute approximate surface area is 167 Å². The van der Waals surface area contributed by atoms with Gasteiger partial charge in [0, 0.05) is 37.3 Å². The SMILES string of the molecule is CNC(=O)c1sc2ncccc2c1C1CN(S(=O)(=O)c2ccccc2)CCO1. The van der Waals surface area contributed by atoms with Crippen LogP contribution in [0.5, 0.6) is 0 Å². The monoisotopic (exact) mass is 417 g/mol. The van der Waals surface area contributed by atoms with Crippen LogP contribution in [0.1, 0.15) is 21.3 Å². The molecule has 0 saturated carbocycles. The number of hydrogen-bond donors (Lipinski definition) is 1. The molecule has 7 nitrogen and oxygen atoms in total. The molecular formula is C19H19N3O4S2. The molecule has 146 valence electrons. The fourth-order valence-electron chi connectivity index (χ4n) is 3.31. The number of sulfonamides is 1. The van der Waals surface area contributed by atoms with Crippen LogP contribution in [0.25, 0.3) is 10.2 Å². The van der Waals surface area contributed by atoms with E-state index in [9.17, 15) is 13.2 Å². The average Bonchev–Trinajstić information content (AvgIpc) is 3.13. The van der Waals surface area contributed by atoms with E-state index in [2.05, 4.69) is 10.3 Å². The van der Waals surface area contributed by atoms with Crippen molar-refractivity contribution < 1.29 is 17.9 Å². The number of nitrogens with one attached hydrogen (secondary N) is 1. The first kappa shape index (κ1) is 19.0. The van der Waals surface area contributed by atoms with E-state index >= 15 is 0 Å². The van der Waals surface area contributed by atoms with Gasteiger partial charge < -0.3 is 10.1 Å². The molecular weight excluding hydrogens is 398 g/mol. The summed E-state index contributed by atoms with van der Waals surface area (Å²) >= 11 is 1.28. The summed E-state index contributed by atoms with van der Waals surface area (Å²) < 4.78 is 33.4. The molecule has 1 unspecified atom stereocenters. The molecule has 1 aromatic carbocycles. The molecule has 0 bridgehead atoms. The standard InChI is InChI=1S/C19H19N3O4S2/c1-20-18(23)17-16(14-8-5-9-21-19(14)27-17)15-12-22(10-11-26-15)28(24,25)13-6-3-2-4-7-13/h2-9,15H,10-12H2,1H3,(H,20,23). The summed E-state index contributed by atoms with van der Waals surface area (Å²) in [4.78, 5) is 18.2. The first-order valence-corrected chi connectivity index (χ1v) is 11.0. The van der Waals surface area contributed by atoms with E-state index in [1.54, 1.807) is 49.6 Å². The highest BCUT2D eigenvalue weighted by molar-refractivity contribution is 7.89. The third kappa shape index (κ3) is 3.30. The number of pyridine rings is 1. The quantitative estimate of drug-likeness (QED) is 0.704. The van der Waals surface area contributed by atoms with Gasteiger partial charge in [0.25, 0.3) is 5.91 Å². The predicted molar refractivity (Wildman–Crippen MR) is 107 cm³/mol. The molecule has 0 aliphatic carbocycles. The van der Waals surface area contributed by atoms with Crippen LogP contribution in [0, 0.1) is 0 Å². The van der Waals surface area contributed by atoms with E-state index in [0.717, 1.165) is 10.2 Å². The van der Waals surface area contributed by atoms with Crippen molar-refractivity contribution in [3.63, 3.8) is 0 Å². The smallest absolute Gasteiger partial charge is 0.261 e. The summed E-state index contributed by atoms with van der Waals surface area (Å²) in [6, 6.07) is 12.0. The zero-order valence-corrected chi connectivity index (χ0v) is 16.8. The number of fused-ring (bicyclic) bond motifs is 1. The summed E-state index contributed by atoms with van der Waals surface area (Å²) in [6.07, 6.45) is 1.13. The van der Waals surface area contributed by atoms with Gasteiger partial charge in [-0.15, -0.1) is 11.3 Å². The first-order valence-electron chi connectivity index (χ1n) is 8.78. The molecule has 1 amide bonds. The van der Waals surface area contributed by atoms with Gasteiger partial charge in [-0.3, -0.25) is 4.79 Å². The van der Waals surface area contributed by atoms with Crippen LogP contribution in [0.3, 0.4) is 0 Å². The normalized spacial score (nSPS) is 18.2. The molecule has 0 spiro atoms.